The van der Waals surface area contributed by atoms with Gasteiger partial charge in [0.2, 0.25) is 0 Å². The molecular formula is C23H36N4O. The maximum Gasteiger partial charge on any atom is 0.119 e. The fraction of sp³-hybridized carbons (Fsp3) is 0.609. The summed E-state index contributed by atoms with van der Waals surface area (Å²) >= 11 is 0. The molecule has 3 rings (SSSR count). The SMILES string of the molecule is CCN(Cc1cnn(CC)c1)CC1CCCN(CCc2cccc(OC)c2)C1. The van der Waals surface area contributed by atoms with Gasteiger partial charge in [-0.15, -0.1) is 0 Å². The fourth-order valence-corrected chi connectivity index (χ4v) is 4.21. The summed E-state index contributed by atoms with van der Waals surface area (Å²) < 4.78 is 7.37. The molecule has 0 radical (unpaired) electrons. The smallest absolute Gasteiger partial charge is 0.119 e. The number of aromatic nitrogens is 2. The monoisotopic (exact) mass is 384 g/mol. The first-order chi connectivity index (χ1) is 13.7. The highest BCUT2D eigenvalue weighted by Crippen LogP contribution is 2.20. The largest absolute Gasteiger partial charge is 0.497 e. The Kier molecular flexibility index (Phi) is 7.92. The van der Waals surface area contributed by atoms with Crippen LogP contribution in [0.1, 0.15) is 37.8 Å². The average molecular weight is 385 g/mol. The molecule has 0 saturated carbocycles. The molecule has 5 heteroatoms. The molecule has 1 aliphatic heterocycles. The molecule has 2 heterocycles. The van der Waals surface area contributed by atoms with Gasteiger partial charge in [0, 0.05) is 44.5 Å². The Hall–Kier alpha value is -1.85. The minimum absolute atomic E-state index is 0.764. The van der Waals surface area contributed by atoms with Crippen molar-refractivity contribution in [1.29, 1.82) is 0 Å². The predicted octanol–water partition coefficient (Wildman–Crippen LogP) is 3.69. The van der Waals surface area contributed by atoms with Crippen LogP contribution in [0.4, 0.5) is 0 Å². The molecule has 0 amide bonds. The zero-order valence-electron chi connectivity index (χ0n) is 17.8. The van der Waals surface area contributed by atoms with Crippen LogP contribution in [0.2, 0.25) is 0 Å². The van der Waals surface area contributed by atoms with Crippen LogP contribution in [-0.4, -0.2) is 59.4 Å². The third-order valence-corrected chi connectivity index (χ3v) is 5.83. The predicted molar refractivity (Wildman–Crippen MR) is 115 cm³/mol. The van der Waals surface area contributed by atoms with E-state index in [-0.39, 0.29) is 0 Å². The number of methoxy groups -OCH3 is 1. The highest BCUT2D eigenvalue weighted by Gasteiger charge is 2.22. The molecule has 5 nitrogen and oxygen atoms in total. The first-order valence-corrected chi connectivity index (χ1v) is 10.8. The normalized spacial score (nSPS) is 17.9. The van der Waals surface area contributed by atoms with Gasteiger partial charge in [-0.2, -0.15) is 5.10 Å². The van der Waals surface area contributed by atoms with Gasteiger partial charge in [0.15, 0.2) is 0 Å². The molecule has 1 saturated heterocycles. The van der Waals surface area contributed by atoms with Crippen molar-refractivity contribution >= 4 is 0 Å². The maximum atomic E-state index is 5.35. The summed E-state index contributed by atoms with van der Waals surface area (Å²) in [5.74, 6) is 1.72. The van der Waals surface area contributed by atoms with Gasteiger partial charge in [-0.25, -0.2) is 0 Å². The number of nitrogens with zero attached hydrogens (tertiary/aromatic N) is 4. The summed E-state index contributed by atoms with van der Waals surface area (Å²) in [5, 5.41) is 4.42. The van der Waals surface area contributed by atoms with Crippen molar-refractivity contribution < 1.29 is 4.74 Å². The Labute approximate surface area is 170 Å². The summed E-state index contributed by atoms with van der Waals surface area (Å²) in [7, 11) is 1.74. The van der Waals surface area contributed by atoms with Gasteiger partial charge in [-0.1, -0.05) is 19.1 Å². The van der Waals surface area contributed by atoms with Gasteiger partial charge < -0.3 is 9.64 Å². The van der Waals surface area contributed by atoms with Gasteiger partial charge in [-0.05, 0) is 62.9 Å². The van der Waals surface area contributed by atoms with Crippen molar-refractivity contribution in [2.45, 2.75) is 46.2 Å². The molecule has 154 valence electrons. The van der Waals surface area contributed by atoms with E-state index < -0.39 is 0 Å². The van der Waals surface area contributed by atoms with Crippen molar-refractivity contribution in [1.82, 2.24) is 19.6 Å². The molecule has 1 fully saturated rings. The molecule has 0 bridgehead atoms. The third kappa shape index (κ3) is 6.08. The number of hydrogen-bond acceptors (Lipinski definition) is 4. The van der Waals surface area contributed by atoms with Crippen molar-refractivity contribution in [2.24, 2.45) is 5.92 Å². The molecule has 2 aromatic rings. The molecular weight excluding hydrogens is 348 g/mol. The summed E-state index contributed by atoms with van der Waals surface area (Å²) in [6, 6.07) is 8.48. The average Bonchev–Trinajstić information content (AvgIpc) is 3.20. The van der Waals surface area contributed by atoms with E-state index in [0.717, 1.165) is 44.3 Å². The summed E-state index contributed by atoms with van der Waals surface area (Å²) in [6.07, 6.45) is 7.96. The number of aryl methyl sites for hydroxylation is 1. The standard InChI is InChI=1S/C23H36N4O/c1-4-25(18-22-15-24-27(5-2)19-22)16-21-9-7-12-26(17-21)13-11-20-8-6-10-23(14-20)28-3/h6,8,10,14-15,19,21H,4-5,7,9,11-13,16-18H2,1-3H3. The Balaban J connectivity index is 1.47. The molecule has 1 atom stereocenters. The van der Waals surface area contributed by atoms with E-state index in [4.69, 9.17) is 4.74 Å². The number of ether oxygens (including phenoxy) is 1. The van der Waals surface area contributed by atoms with Gasteiger partial charge in [0.1, 0.15) is 5.75 Å². The lowest BCUT2D eigenvalue weighted by Gasteiger charge is -2.35. The van der Waals surface area contributed by atoms with Crippen LogP contribution in [-0.2, 0) is 19.5 Å². The van der Waals surface area contributed by atoms with E-state index in [1.165, 1.54) is 43.6 Å². The number of benzene rings is 1. The van der Waals surface area contributed by atoms with Crippen LogP contribution in [0.25, 0.3) is 0 Å². The van der Waals surface area contributed by atoms with Gasteiger partial charge in [0.25, 0.3) is 0 Å². The number of piperidine rings is 1. The number of likely N-dealkylation sites (tertiary alicyclic amines) is 1. The minimum atomic E-state index is 0.764. The van der Waals surface area contributed by atoms with Gasteiger partial charge in [0.05, 0.1) is 13.3 Å². The summed E-state index contributed by atoms with van der Waals surface area (Å²) in [5.41, 5.74) is 2.69. The molecule has 1 aliphatic rings. The van der Waals surface area contributed by atoms with Crippen LogP contribution >= 0.6 is 0 Å². The second-order valence-electron chi connectivity index (χ2n) is 7.94. The second-order valence-corrected chi connectivity index (χ2v) is 7.94. The lowest BCUT2D eigenvalue weighted by molar-refractivity contribution is 0.133. The Morgan fingerprint density at radius 2 is 2.14 bits per heavy atom. The molecule has 1 unspecified atom stereocenters. The molecule has 0 aliphatic carbocycles. The van der Waals surface area contributed by atoms with Crippen molar-refractivity contribution in [3.8, 4) is 5.75 Å². The van der Waals surface area contributed by atoms with E-state index in [2.05, 4.69) is 53.1 Å². The Bertz CT molecular complexity index is 714. The lowest BCUT2D eigenvalue weighted by Crippen LogP contribution is -2.41. The summed E-state index contributed by atoms with van der Waals surface area (Å²) in [4.78, 5) is 5.23. The lowest BCUT2D eigenvalue weighted by atomic mass is 9.96. The van der Waals surface area contributed by atoms with Crippen LogP contribution in [0.3, 0.4) is 0 Å². The Morgan fingerprint density at radius 1 is 1.25 bits per heavy atom. The third-order valence-electron chi connectivity index (χ3n) is 5.83. The fourth-order valence-electron chi connectivity index (χ4n) is 4.21. The van der Waals surface area contributed by atoms with Crippen LogP contribution in [0.5, 0.6) is 5.75 Å². The van der Waals surface area contributed by atoms with Crippen molar-refractivity contribution in [2.75, 3.05) is 39.8 Å². The molecule has 28 heavy (non-hydrogen) atoms. The zero-order chi connectivity index (χ0) is 19.8. The minimum Gasteiger partial charge on any atom is -0.497 e. The van der Waals surface area contributed by atoms with Gasteiger partial charge in [-0.3, -0.25) is 9.58 Å². The number of rotatable bonds is 10. The Morgan fingerprint density at radius 3 is 2.89 bits per heavy atom. The molecule has 1 aromatic heterocycles. The highest BCUT2D eigenvalue weighted by atomic mass is 16.5. The number of hydrogen-bond donors (Lipinski definition) is 0. The van der Waals surface area contributed by atoms with Crippen LogP contribution in [0.15, 0.2) is 36.7 Å². The van der Waals surface area contributed by atoms with E-state index in [1.807, 2.05) is 16.9 Å². The van der Waals surface area contributed by atoms with Crippen molar-refractivity contribution in [3.05, 3.63) is 47.8 Å². The van der Waals surface area contributed by atoms with Crippen LogP contribution in [0, 0.1) is 5.92 Å². The van der Waals surface area contributed by atoms with Gasteiger partial charge >= 0.3 is 0 Å². The summed E-state index contributed by atoms with van der Waals surface area (Å²) in [6.45, 7) is 12.2. The quantitative estimate of drug-likeness (QED) is 0.626. The van der Waals surface area contributed by atoms with E-state index in [1.54, 1.807) is 7.11 Å². The first-order valence-electron chi connectivity index (χ1n) is 10.8. The highest BCUT2D eigenvalue weighted by molar-refractivity contribution is 5.28. The maximum absolute atomic E-state index is 5.35. The van der Waals surface area contributed by atoms with Crippen molar-refractivity contribution in [3.63, 3.8) is 0 Å². The molecule has 0 spiro atoms. The first kappa shape index (κ1) is 20.9. The van der Waals surface area contributed by atoms with E-state index >= 15 is 0 Å². The zero-order valence-corrected chi connectivity index (χ0v) is 17.8. The topological polar surface area (TPSA) is 33.5 Å². The molecule has 1 aromatic carbocycles. The van der Waals surface area contributed by atoms with E-state index in [0.29, 0.717) is 0 Å². The van der Waals surface area contributed by atoms with Crippen LogP contribution < -0.4 is 4.74 Å². The van der Waals surface area contributed by atoms with E-state index in [9.17, 15) is 0 Å². The molecule has 0 N–H and O–H groups in total. The second kappa shape index (κ2) is 10.6.